The highest BCUT2D eigenvalue weighted by molar-refractivity contribution is 4.75. The van der Waals surface area contributed by atoms with Crippen LogP contribution in [0, 0.1) is 0 Å². The van der Waals surface area contributed by atoms with Crippen molar-refractivity contribution in [1.29, 1.82) is 0 Å². The molecule has 0 aromatic rings. The van der Waals surface area contributed by atoms with E-state index >= 15 is 0 Å². The molecule has 2 unspecified atom stereocenters. The maximum Gasteiger partial charge on any atom is 0.0589 e. The van der Waals surface area contributed by atoms with Crippen LogP contribution in [0.3, 0.4) is 0 Å². The molecule has 2 heteroatoms. The topological polar surface area (TPSA) is 35.2 Å². The minimum atomic E-state index is 0.392. The van der Waals surface area contributed by atoms with Gasteiger partial charge >= 0.3 is 0 Å². The zero-order valence-electron chi connectivity index (χ0n) is 10.9. The minimum absolute atomic E-state index is 0.392. The van der Waals surface area contributed by atoms with Crippen LogP contribution >= 0.6 is 0 Å². The summed E-state index contributed by atoms with van der Waals surface area (Å²) in [5.74, 6) is 0. The smallest absolute Gasteiger partial charge is 0.0589 e. The van der Waals surface area contributed by atoms with Crippen molar-refractivity contribution in [2.24, 2.45) is 5.73 Å². The Kier molecular flexibility index (Phi) is 7.87. The first-order valence-corrected chi connectivity index (χ1v) is 7.20. The molecule has 1 fully saturated rings. The van der Waals surface area contributed by atoms with E-state index in [4.69, 9.17) is 10.5 Å². The van der Waals surface area contributed by atoms with Gasteiger partial charge in [-0.25, -0.2) is 0 Å². The van der Waals surface area contributed by atoms with Gasteiger partial charge in [0.05, 0.1) is 6.10 Å². The van der Waals surface area contributed by atoms with Gasteiger partial charge in [0.1, 0.15) is 0 Å². The number of hydrogen-bond acceptors (Lipinski definition) is 2. The van der Waals surface area contributed by atoms with E-state index in [1.165, 1.54) is 57.8 Å². The van der Waals surface area contributed by atoms with Crippen molar-refractivity contribution >= 4 is 0 Å². The molecule has 0 heterocycles. The van der Waals surface area contributed by atoms with Gasteiger partial charge in [0.25, 0.3) is 0 Å². The number of nitrogens with two attached hydrogens (primary N) is 1. The van der Waals surface area contributed by atoms with Crippen LogP contribution in [-0.4, -0.2) is 18.8 Å². The number of ether oxygens (including phenoxy) is 1. The quantitative estimate of drug-likeness (QED) is 0.643. The van der Waals surface area contributed by atoms with Crippen molar-refractivity contribution in [3.63, 3.8) is 0 Å². The average molecular weight is 227 g/mol. The highest BCUT2D eigenvalue weighted by atomic mass is 16.5. The first-order chi connectivity index (χ1) is 7.83. The molecule has 1 aliphatic carbocycles. The van der Waals surface area contributed by atoms with E-state index in [2.05, 4.69) is 6.92 Å². The fourth-order valence-electron chi connectivity index (χ4n) is 2.46. The normalized spacial score (nSPS) is 25.9. The molecule has 0 aromatic carbocycles. The Bertz CT molecular complexity index is 161. The van der Waals surface area contributed by atoms with Crippen molar-refractivity contribution in [2.45, 2.75) is 83.3 Å². The van der Waals surface area contributed by atoms with E-state index in [1.807, 2.05) is 0 Å². The number of unbranched alkanes of at least 4 members (excludes halogenated alkanes) is 5. The molecule has 2 atom stereocenters. The second-order valence-corrected chi connectivity index (χ2v) is 5.19. The fourth-order valence-corrected chi connectivity index (χ4v) is 2.46. The van der Waals surface area contributed by atoms with Crippen LogP contribution in [0.25, 0.3) is 0 Å². The highest BCUT2D eigenvalue weighted by Crippen LogP contribution is 2.20. The summed E-state index contributed by atoms with van der Waals surface area (Å²) in [6, 6.07) is 0.392. The van der Waals surface area contributed by atoms with Gasteiger partial charge in [-0.1, -0.05) is 39.0 Å². The molecule has 1 aliphatic rings. The van der Waals surface area contributed by atoms with Gasteiger partial charge in [0.15, 0.2) is 0 Å². The minimum Gasteiger partial charge on any atom is -0.378 e. The molecule has 2 N–H and O–H groups in total. The summed E-state index contributed by atoms with van der Waals surface area (Å²) in [6.45, 7) is 3.21. The first-order valence-electron chi connectivity index (χ1n) is 7.20. The molecule has 0 aromatic heterocycles. The summed E-state index contributed by atoms with van der Waals surface area (Å²) < 4.78 is 5.88. The Morgan fingerprint density at radius 2 is 1.81 bits per heavy atom. The van der Waals surface area contributed by atoms with Crippen LogP contribution in [0.4, 0.5) is 0 Å². The molecule has 1 saturated carbocycles. The summed E-state index contributed by atoms with van der Waals surface area (Å²) in [7, 11) is 0. The molecule has 96 valence electrons. The van der Waals surface area contributed by atoms with Crippen molar-refractivity contribution < 1.29 is 4.74 Å². The fraction of sp³-hybridized carbons (Fsp3) is 1.00. The van der Waals surface area contributed by atoms with E-state index in [9.17, 15) is 0 Å². The average Bonchev–Trinajstić information content (AvgIpc) is 2.28. The lowest BCUT2D eigenvalue weighted by atomic mass is 9.93. The standard InChI is InChI=1S/C14H29NO/c1-2-3-4-5-6-7-11-16-14-10-8-9-13(15)12-14/h13-14H,2-12,15H2,1H3. The number of hydrogen-bond donors (Lipinski definition) is 1. The van der Waals surface area contributed by atoms with Gasteiger partial charge < -0.3 is 10.5 Å². The maximum atomic E-state index is 5.93. The Labute approximate surface area is 101 Å². The molecular formula is C14H29NO. The van der Waals surface area contributed by atoms with Gasteiger partial charge in [-0.05, 0) is 32.1 Å². The summed E-state index contributed by atoms with van der Waals surface area (Å²) in [6.07, 6.45) is 13.3. The SMILES string of the molecule is CCCCCCCCOC1CCCC(N)C1. The summed E-state index contributed by atoms with van der Waals surface area (Å²) in [5, 5.41) is 0. The van der Waals surface area contributed by atoms with Gasteiger partial charge in [0, 0.05) is 12.6 Å². The van der Waals surface area contributed by atoms with Crippen molar-refractivity contribution in [2.75, 3.05) is 6.61 Å². The van der Waals surface area contributed by atoms with Crippen LogP contribution in [0.1, 0.15) is 71.1 Å². The first kappa shape index (κ1) is 14.0. The number of rotatable bonds is 8. The largest absolute Gasteiger partial charge is 0.378 e. The van der Waals surface area contributed by atoms with E-state index in [0.717, 1.165) is 13.0 Å². The summed E-state index contributed by atoms with van der Waals surface area (Å²) in [4.78, 5) is 0. The van der Waals surface area contributed by atoms with Gasteiger partial charge in [-0.15, -0.1) is 0 Å². The molecule has 0 bridgehead atoms. The second-order valence-electron chi connectivity index (χ2n) is 5.19. The lowest BCUT2D eigenvalue weighted by Crippen LogP contribution is -2.32. The molecule has 0 radical (unpaired) electrons. The van der Waals surface area contributed by atoms with Crippen molar-refractivity contribution in [1.82, 2.24) is 0 Å². The Morgan fingerprint density at radius 3 is 2.56 bits per heavy atom. The lowest BCUT2D eigenvalue weighted by molar-refractivity contribution is 0.0215. The predicted octanol–water partition coefficient (Wildman–Crippen LogP) is 3.63. The van der Waals surface area contributed by atoms with Crippen molar-refractivity contribution in [3.05, 3.63) is 0 Å². The molecule has 1 rings (SSSR count). The Balaban J connectivity index is 1.86. The van der Waals surface area contributed by atoms with Gasteiger partial charge in [-0.3, -0.25) is 0 Å². The maximum absolute atomic E-state index is 5.93. The Morgan fingerprint density at radius 1 is 1.06 bits per heavy atom. The Hall–Kier alpha value is -0.0800. The lowest BCUT2D eigenvalue weighted by Gasteiger charge is -2.26. The molecule has 16 heavy (non-hydrogen) atoms. The van der Waals surface area contributed by atoms with E-state index in [1.54, 1.807) is 0 Å². The van der Waals surface area contributed by atoms with E-state index in [-0.39, 0.29) is 0 Å². The summed E-state index contributed by atoms with van der Waals surface area (Å²) >= 11 is 0. The van der Waals surface area contributed by atoms with E-state index < -0.39 is 0 Å². The second kappa shape index (κ2) is 9.00. The monoisotopic (exact) mass is 227 g/mol. The van der Waals surface area contributed by atoms with Crippen LogP contribution in [-0.2, 0) is 4.74 Å². The molecule has 0 aliphatic heterocycles. The third-order valence-corrected chi connectivity index (χ3v) is 3.52. The highest BCUT2D eigenvalue weighted by Gasteiger charge is 2.19. The zero-order valence-corrected chi connectivity index (χ0v) is 10.9. The van der Waals surface area contributed by atoms with Crippen LogP contribution < -0.4 is 5.73 Å². The molecule has 2 nitrogen and oxygen atoms in total. The van der Waals surface area contributed by atoms with Gasteiger partial charge in [0.2, 0.25) is 0 Å². The predicted molar refractivity (Wildman–Crippen MR) is 69.6 cm³/mol. The van der Waals surface area contributed by atoms with Gasteiger partial charge in [-0.2, -0.15) is 0 Å². The summed E-state index contributed by atoms with van der Waals surface area (Å²) in [5.41, 5.74) is 5.93. The molecule has 0 amide bonds. The third-order valence-electron chi connectivity index (χ3n) is 3.52. The molecule has 0 spiro atoms. The van der Waals surface area contributed by atoms with E-state index in [0.29, 0.717) is 12.1 Å². The van der Waals surface area contributed by atoms with Crippen LogP contribution in [0.15, 0.2) is 0 Å². The van der Waals surface area contributed by atoms with Crippen LogP contribution in [0.5, 0.6) is 0 Å². The zero-order chi connectivity index (χ0) is 11.6. The third kappa shape index (κ3) is 6.49. The van der Waals surface area contributed by atoms with Crippen molar-refractivity contribution in [3.8, 4) is 0 Å². The van der Waals surface area contributed by atoms with Crippen LogP contribution in [0.2, 0.25) is 0 Å². The molecular weight excluding hydrogens is 198 g/mol. The molecule has 0 saturated heterocycles.